The highest BCUT2D eigenvalue weighted by atomic mass is 16.1. The van der Waals surface area contributed by atoms with Crippen molar-refractivity contribution >= 4 is 5.78 Å². The van der Waals surface area contributed by atoms with Gasteiger partial charge in [-0.25, -0.2) is 0 Å². The molecule has 220 valence electrons. The van der Waals surface area contributed by atoms with E-state index in [9.17, 15) is 4.79 Å². The van der Waals surface area contributed by atoms with Crippen molar-refractivity contribution in [3.05, 3.63) is 23.8 Å². The zero-order chi connectivity index (χ0) is 29.7. The molecule has 5 atom stereocenters. The fraction of sp³-hybridized carbons (Fsp3) is 0.865. The van der Waals surface area contributed by atoms with Crippen molar-refractivity contribution in [3.8, 4) is 0 Å². The van der Waals surface area contributed by atoms with Crippen LogP contribution >= 0.6 is 0 Å². The van der Waals surface area contributed by atoms with Crippen molar-refractivity contribution in [3.63, 3.8) is 0 Å². The first-order valence-electron chi connectivity index (χ1n) is 15.9. The lowest BCUT2D eigenvalue weighted by molar-refractivity contribution is -0.171. The van der Waals surface area contributed by atoms with E-state index in [4.69, 9.17) is 0 Å². The van der Waals surface area contributed by atoms with E-state index in [1.54, 1.807) is 0 Å². The minimum atomic E-state index is 0.137. The van der Waals surface area contributed by atoms with Crippen molar-refractivity contribution in [1.82, 2.24) is 0 Å². The second-order valence-electron chi connectivity index (χ2n) is 17.3. The van der Waals surface area contributed by atoms with Crippen molar-refractivity contribution in [2.24, 2.45) is 62.1 Å². The molecule has 1 fully saturated rings. The average molecular weight is 527 g/mol. The highest BCUT2D eigenvalue weighted by Gasteiger charge is 2.60. The summed E-state index contributed by atoms with van der Waals surface area (Å²) in [5, 5.41) is 0. The minimum absolute atomic E-state index is 0.137. The summed E-state index contributed by atoms with van der Waals surface area (Å²) in [5.41, 5.74) is 2.34. The summed E-state index contributed by atoms with van der Waals surface area (Å²) in [6.45, 7) is 39.7. The van der Waals surface area contributed by atoms with Crippen molar-refractivity contribution in [2.75, 3.05) is 0 Å². The number of ketones is 1. The Morgan fingerprint density at radius 2 is 1.34 bits per heavy atom. The predicted molar refractivity (Wildman–Crippen MR) is 168 cm³/mol. The van der Waals surface area contributed by atoms with Crippen LogP contribution in [0.4, 0.5) is 0 Å². The molecule has 1 heteroatoms. The van der Waals surface area contributed by atoms with Crippen LogP contribution in [0.5, 0.6) is 0 Å². The molecule has 0 amide bonds. The fourth-order valence-corrected chi connectivity index (χ4v) is 8.54. The number of allylic oxidation sites excluding steroid dienone is 4. The Labute approximate surface area is 239 Å². The molecule has 0 saturated heterocycles. The summed E-state index contributed by atoms with van der Waals surface area (Å²) >= 11 is 0. The maximum atomic E-state index is 12.0. The van der Waals surface area contributed by atoms with E-state index >= 15 is 0 Å². The third-order valence-electron chi connectivity index (χ3n) is 14.5. The molecule has 0 aromatic heterocycles. The van der Waals surface area contributed by atoms with E-state index in [0.29, 0.717) is 11.8 Å². The first-order chi connectivity index (χ1) is 17.0. The van der Waals surface area contributed by atoms with Crippen LogP contribution in [-0.2, 0) is 4.79 Å². The van der Waals surface area contributed by atoms with Crippen molar-refractivity contribution < 1.29 is 4.79 Å². The number of hydrogen-bond donors (Lipinski definition) is 0. The van der Waals surface area contributed by atoms with Gasteiger partial charge in [-0.05, 0) is 94.5 Å². The Morgan fingerprint density at radius 1 is 0.816 bits per heavy atom. The Hall–Kier alpha value is -0.850. The molecule has 0 bridgehead atoms. The van der Waals surface area contributed by atoms with Gasteiger partial charge in [0.25, 0.3) is 0 Å². The quantitative estimate of drug-likeness (QED) is 0.276. The lowest BCUT2D eigenvalue weighted by Crippen LogP contribution is -2.59. The van der Waals surface area contributed by atoms with E-state index in [2.05, 4.69) is 117 Å². The normalized spacial score (nSPS) is 28.2. The molecule has 0 spiro atoms. The van der Waals surface area contributed by atoms with Crippen molar-refractivity contribution in [1.29, 1.82) is 0 Å². The zero-order valence-electron chi connectivity index (χ0n) is 28.6. The second-order valence-corrected chi connectivity index (χ2v) is 17.3. The second kappa shape index (κ2) is 10.9. The van der Waals surface area contributed by atoms with E-state index in [-0.39, 0.29) is 38.3 Å². The average Bonchev–Trinajstić information content (AvgIpc) is 3.07. The van der Waals surface area contributed by atoms with E-state index in [1.807, 2.05) is 12.2 Å². The molecular weight excluding hydrogens is 460 g/mol. The summed E-state index contributed by atoms with van der Waals surface area (Å²) in [6, 6.07) is 0. The van der Waals surface area contributed by atoms with Gasteiger partial charge < -0.3 is 0 Å². The fourth-order valence-electron chi connectivity index (χ4n) is 8.54. The summed E-state index contributed by atoms with van der Waals surface area (Å²) in [4.78, 5) is 12.0. The van der Waals surface area contributed by atoms with Crippen LogP contribution in [0, 0.1) is 62.1 Å². The summed E-state index contributed by atoms with van der Waals surface area (Å²) in [5.74, 6) is 3.61. The number of hydrogen-bond acceptors (Lipinski definition) is 1. The number of carbonyl (C=O) groups is 1. The molecule has 0 aliphatic heterocycles. The topological polar surface area (TPSA) is 17.1 Å². The third-order valence-corrected chi connectivity index (χ3v) is 14.5. The van der Waals surface area contributed by atoms with Crippen LogP contribution in [0.1, 0.15) is 143 Å². The SMILES string of the molecule is CC[C@H]1C[C@@H](C2C=CC(=O)C=C2C)[C@@H](CCCC(C)(C)C(C)(C)C(C)(C)C(C)(C)C(C)(C)C(C)(C)C)C1C. The molecule has 1 nitrogen and oxygen atoms in total. The molecule has 2 rings (SSSR count). The molecule has 0 aromatic rings. The Kier molecular flexibility index (Phi) is 9.53. The predicted octanol–water partition coefficient (Wildman–Crippen LogP) is 11.3. The summed E-state index contributed by atoms with van der Waals surface area (Å²) in [7, 11) is 0. The Morgan fingerprint density at radius 3 is 1.82 bits per heavy atom. The van der Waals surface area contributed by atoms with Gasteiger partial charge in [0.05, 0.1) is 0 Å². The Balaban J connectivity index is 2.25. The first kappa shape index (κ1) is 33.4. The highest BCUT2D eigenvalue weighted by molar-refractivity contribution is 6.00. The molecule has 0 aromatic carbocycles. The molecule has 0 N–H and O–H groups in total. The summed E-state index contributed by atoms with van der Waals surface area (Å²) in [6.07, 6.45) is 12.4. The van der Waals surface area contributed by atoms with E-state index < -0.39 is 0 Å². The van der Waals surface area contributed by atoms with Gasteiger partial charge in [-0.1, -0.05) is 128 Å². The number of carbonyl (C=O) groups excluding carboxylic acids is 1. The lowest BCUT2D eigenvalue weighted by atomic mass is 9.39. The van der Waals surface area contributed by atoms with Crippen LogP contribution in [0.15, 0.2) is 23.8 Å². The Bertz CT molecular complexity index is 897. The van der Waals surface area contributed by atoms with Crippen LogP contribution in [0.25, 0.3) is 0 Å². The van der Waals surface area contributed by atoms with Gasteiger partial charge in [-0.3, -0.25) is 4.79 Å². The largest absolute Gasteiger partial charge is 0.290 e. The van der Waals surface area contributed by atoms with Crippen molar-refractivity contribution in [2.45, 2.75) is 143 Å². The summed E-state index contributed by atoms with van der Waals surface area (Å²) < 4.78 is 0. The van der Waals surface area contributed by atoms with Gasteiger partial charge in [-0.2, -0.15) is 0 Å². The minimum Gasteiger partial charge on any atom is -0.290 e. The first-order valence-corrected chi connectivity index (χ1v) is 15.9. The maximum Gasteiger partial charge on any atom is 0.178 e. The number of rotatable bonds is 10. The lowest BCUT2D eigenvalue weighted by Gasteiger charge is -2.65. The molecule has 38 heavy (non-hydrogen) atoms. The molecule has 2 aliphatic rings. The van der Waals surface area contributed by atoms with Crippen LogP contribution in [0.2, 0.25) is 0 Å². The highest BCUT2D eigenvalue weighted by Crippen LogP contribution is 2.68. The molecule has 0 heterocycles. The van der Waals surface area contributed by atoms with Gasteiger partial charge in [0, 0.05) is 5.92 Å². The van der Waals surface area contributed by atoms with E-state index in [0.717, 1.165) is 17.8 Å². The van der Waals surface area contributed by atoms with Crippen LogP contribution in [-0.4, -0.2) is 5.78 Å². The monoisotopic (exact) mass is 527 g/mol. The smallest absolute Gasteiger partial charge is 0.178 e. The van der Waals surface area contributed by atoms with Gasteiger partial charge in [0.15, 0.2) is 5.78 Å². The molecule has 2 unspecified atom stereocenters. The molecule has 0 radical (unpaired) electrons. The maximum absolute atomic E-state index is 12.0. The third kappa shape index (κ3) is 5.52. The van der Waals surface area contributed by atoms with Crippen LogP contribution in [0.3, 0.4) is 0 Å². The van der Waals surface area contributed by atoms with Gasteiger partial charge >= 0.3 is 0 Å². The molecule has 2 aliphatic carbocycles. The van der Waals surface area contributed by atoms with Gasteiger partial charge in [0.2, 0.25) is 0 Å². The molecule has 1 saturated carbocycles. The zero-order valence-corrected chi connectivity index (χ0v) is 28.6. The van der Waals surface area contributed by atoms with Gasteiger partial charge in [0.1, 0.15) is 0 Å². The van der Waals surface area contributed by atoms with Gasteiger partial charge in [-0.15, -0.1) is 0 Å². The van der Waals surface area contributed by atoms with Crippen LogP contribution < -0.4 is 0 Å². The standard InChI is InChI=1S/C37H66O/c1-17-27-24-31(29-21-20-28(38)23-25(29)2)30(26(27)3)19-18-22-33(7,8)35(11,12)37(15,16)36(13,14)34(9,10)32(4,5)6/h20-21,23,26-27,29-31H,17-19,22,24H2,1-16H3/t26?,27-,29?,30-,31-/m0/s1. The molecular formula is C37H66O. The van der Waals surface area contributed by atoms with E-state index in [1.165, 1.54) is 37.7 Å².